The molecule has 3 heteroatoms. The van der Waals surface area contributed by atoms with Gasteiger partial charge in [-0.2, -0.15) is 0 Å². The van der Waals surface area contributed by atoms with Crippen LogP contribution >= 0.6 is 0 Å². The molecule has 2 aromatic carbocycles. The van der Waals surface area contributed by atoms with E-state index in [9.17, 15) is 9.90 Å². The number of carboxylic acid groups (broad SMARTS) is 1. The minimum atomic E-state index is -0.735. The van der Waals surface area contributed by atoms with E-state index in [0.717, 1.165) is 22.8 Å². The van der Waals surface area contributed by atoms with Crippen molar-refractivity contribution in [1.82, 2.24) is 0 Å². The summed E-state index contributed by atoms with van der Waals surface area (Å²) in [6, 6.07) is 14.1. The molecule has 1 unspecified atom stereocenters. The van der Waals surface area contributed by atoms with Gasteiger partial charge >= 0.3 is 5.97 Å². The Morgan fingerprint density at radius 2 is 1.89 bits per heavy atom. The summed E-state index contributed by atoms with van der Waals surface area (Å²) in [5, 5.41) is 11.6. The van der Waals surface area contributed by atoms with E-state index in [-0.39, 0.29) is 5.92 Å². The second-order valence-electron chi connectivity index (χ2n) is 4.81. The number of hydrogen-bond acceptors (Lipinski definition) is 2. The van der Waals surface area contributed by atoms with Crippen LogP contribution in [0.4, 0.5) is 0 Å². The van der Waals surface area contributed by atoms with E-state index in [0.29, 0.717) is 19.4 Å². The fourth-order valence-corrected chi connectivity index (χ4v) is 2.41. The van der Waals surface area contributed by atoms with E-state index in [1.54, 1.807) is 0 Å². The molecule has 0 aliphatic carbocycles. The number of fused-ring (bicyclic) bond motifs is 1. The van der Waals surface area contributed by atoms with E-state index in [1.807, 2.05) is 30.3 Å². The van der Waals surface area contributed by atoms with Gasteiger partial charge in [-0.3, -0.25) is 4.79 Å². The molecule has 0 aromatic heterocycles. The molecule has 3 nitrogen and oxygen atoms in total. The highest BCUT2D eigenvalue weighted by Crippen LogP contribution is 2.23. The van der Waals surface area contributed by atoms with Crippen LogP contribution in [0.2, 0.25) is 0 Å². The van der Waals surface area contributed by atoms with Crippen molar-refractivity contribution in [1.29, 1.82) is 0 Å². The predicted octanol–water partition coefficient (Wildman–Crippen LogP) is 2.82. The lowest BCUT2D eigenvalue weighted by atomic mass is 9.92. The molecule has 3 N–H and O–H groups in total. The first kappa shape index (κ1) is 13.6. The van der Waals surface area contributed by atoms with Gasteiger partial charge in [0.25, 0.3) is 0 Å². The summed E-state index contributed by atoms with van der Waals surface area (Å²) in [6.07, 6.45) is 1.95. The number of rotatable bonds is 6. The fraction of sp³-hybridized carbons (Fsp3) is 0.312. The van der Waals surface area contributed by atoms with Crippen molar-refractivity contribution < 1.29 is 9.90 Å². The lowest BCUT2D eigenvalue weighted by Gasteiger charge is -2.13. The number of carbonyl (C=O) groups is 1. The maximum Gasteiger partial charge on any atom is 0.306 e. The van der Waals surface area contributed by atoms with Crippen molar-refractivity contribution in [3.05, 3.63) is 48.0 Å². The van der Waals surface area contributed by atoms with Gasteiger partial charge in [-0.15, -0.1) is 0 Å². The summed E-state index contributed by atoms with van der Waals surface area (Å²) < 4.78 is 0. The minimum Gasteiger partial charge on any atom is -0.481 e. The Balaban J connectivity index is 2.26. The molecular formula is C16H19NO2. The maximum absolute atomic E-state index is 11.3. The first-order valence-corrected chi connectivity index (χ1v) is 6.62. The highest BCUT2D eigenvalue weighted by molar-refractivity contribution is 5.86. The van der Waals surface area contributed by atoms with Crippen LogP contribution in [0.3, 0.4) is 0 Å². The van der Waals surface area contributed by atoms with Crippen LogP contribution in [0.5, 0.6) is 0 Å². The topological polar surface area (TPSA) is 63.3 Å². The van der Waals surface area contributed by atoms with Crippen molar-refractivity contribution in [2.75, 3.05) is 6.54 Å². The first-order chi connectivity index (χ1) is 9.22. The van der Waals surface area contributed by atoms with Gasteiger partial charge in [-0.05, 0) is 42.1 Å². The van der Waals surface area contributed by atoms with Crippen molar-refractivity contribution in [3.63, 3.8) is 0 Å². The molecule has 2 aromatic rings. The van der Waals surface area contributed by atoms with E-state index in [4.69, 9.17) is 5.73 Å². The Labute approximate surface area is 113 Å². The molecule has 0 aliphatic rings. The zero-order chi connectivity index (χ0) is 13.7. The van der Waals surface area contributed by atoms with Gasteiger partial charge in [0.2, 0.25) is 0 Å². The van der Waals surface area contributed by atoms with Crippen LogP contribution in [0, 0.1) is 5.92 Å². The number of nitrogens with two attached hydrogens (primary N) is 1. The first-order valence-electron chi connectivity index (χ1n) is 6.62. The summed E-state index contributed by atoms with van der Waals surface area (Å²) in [5.41, 5.74) is 6.57. The van der Waals surface area contributed by atoms with Crippen LogP contribution in [-0.2, 0) is 11.2 Å². The molecule has 0 heterocycles. The van der Waals surface area contributed by atoms with Crippen molar-refractivity contribution in [2.45, 2.75) is 19.3 Å². The molecule has 0 aliphatic heterocycles. The largest absolute Gasteiger partial charge is 0.481 e. The molecule has 0 fully saturated rings. The molecule has 0 spiro atoms. The van der Waals surface area contributed by atoms with E-state index < -0.39 is 5.97 Å². The summed E-state index contributed by atoms with van der Waals surface area (Å²) in [7, 11) is 0. The molecule has 0 bridgehead atoms. The normalized spacial score (nSPS) is 12.5. The van der Waals surface area contributed by atoms with Gasteiger partial charge in [0, 0.05) is 0 Å². The second-order valence-corrected chi connectivity index (χ2v) is 4.81. The number of aliphatic carboxylic acids is 1. The Kier molecular flexibility index (Phi) is 4.53. The quantitative estimate of drug-likeness (QED) is 0.836. The minimum absolute atomic E-state index is 0.352. The summed E-state index contributed by atoms with van der Waals surface area (Å²) in [4.78, 5) is 11.3. The van der Waals surface area contributed by atoms with Gasteiger partial charge < -0.3 is 10.8 Å². The van der Waals surface area contributed by atoms with E-state index in [2.05, 4.69) is 12.1 Å². The zero-order valence-electron chi connectivity index (χ0n) is 10.9. The summed E-state index contributed by atoms with van der Waals surface area (Å²) in [6.45, 7) is 0.541. The highest BCUT2D eigenvalue weighted by Gasteiger charge is 2.18. The SMILES string of the molecule is NCCCC(Cc1cccc2ccccc12)C(=O)O. The van der Waals surface area contributed by atoms with Crippen molar-refractivity contribution in [2.24, 2.45) is 11.7 Å². The van der Waals surface area contributed by atoms with Crippen LogP contribution in [0.1, 0.15) is 18.4 Å². The lowest BCUT2D eigenvalue weighted by molar-refractivity contribution is -0.141. The molecular weight excluding hydrogens is 238 g/mol. The number of hydrogen-bond donors (Lipinski definition) is 2. The third-order valence-electron chi connectivity index (χ3n) is 3.45. The second kappa shape index (κ2) is 6.34. The van der Waals surface area contributed by atoms with Gasteiger partial charge in [-0.1, -0.05) is 42.5 Å². The van der Waals surface area contributed by atoms with Crippen molar-refractivity contribution >= 4 is 16.7 Å². The van der Waals surface area contributed by atoms with E-state index in [1.165, 1.54) is 0 Å². The number of benzene rings is 2. The van der Waals surface area contributed by atoms with Crippen LogP contribution in [0.25, 0.3) is 10.8 Å². The highest BCUT2D eigenvalue weighted by atomic mass is 16.4. The van der Waals surface area contributed by atoms with Gasteiger partial charge in [0.1, 0.15) is 0 Å². The zero-order valence-corrected chi connectivity index (χ0v) is 10.9. The van der Waals surface area contributed by atoms with Gasteiger partial charge in [0.15, 0.2) is 0 Å². The van der Waals surface area contributed by atoms with Crippen LogP contribution in [0.15, 0.2) is 42.5 Å². The smallest absolute Gasteiger partial charge is 0.306 e. The average Bonchev–Trinajstić information content (AvgIpc) is 2.43. The molecule has 0 amide bonds. The molecule has 19 heavy (non-hydrogen) atoms. The number of carboxylic acids is 1. The van der Waals surface area contributed by atoms with Gasteiger partial charge in [0.05, 0.1) is 5.92 Å². The average molecular weight is 257 g/mol. The lowest BCUT2D eigenvalue weighted by Crippen LogP contribution is -2.18. The molecule has 0 saturated heterocycles. The molecule has 2 rings (SSSR count). The fourth-order valence-electron chi connectivity index (χ4n) is 2.41. The predicted molar refractivity (Wildman–Crippen MR) is 77.1 cm³/mol. The van der Waals surface area contributed by atoms with Crippen LogP contribution in [-0.4, -0.2) is 17.6 Å². The molecule has 0 radical (unpaired) electrons. The Hall–Kier alpha value is -1.87. The molecule has 100 valence electrons. The maximum atomic E-state index is 11.3. The van der Waals surface area contributed by atoms with Crippen LogP contribution < -0.4 is 5.73 Å². The Morgan fingerprint density at radius 3 is 2.63 bits per heavy atom. The van der Waals surface area contributed by atoms with E-state index >= 15 is 0 Å². The summed E-state index contributed by atoms with van der Waals surface area (Å²) in [5.74, 6) is -1.09. The molecule has 1 atom stereocenters. The third-order valence-corrected chi connectivity index (χ3v) is 3.45. The molecule has 0 saturated carbocycles. The third kappa shape index (κ3) is 3.32. The van der Waals surface area contributed by atoms with Gasteiger partial charge in [-0.25, -0.2) is 0 Å². The standard InChI is InChI=1S/C16H19NO2/c17-10-4-8-14(16(18)19)11-13-7-3-6-12-5-1-2-9-15(12)13/h1-3,5-7,9,14H,4,8,10-11,17H2,(H,18,19). The summed E-state index contributed by atoms with van der Waals surface area (Å²) >= 11 is 0. The van der Waals surface area contributed by atoms with Crippen molar-refractivity contribution in [3.8, 4) is 0 Å². The Bertz CT molecular complexity index is 560. The Morgan fingerprint density at radius 1 is 1.16 bits per heavy atom. The monoisotopic (exact) mass is 257 g/mol.